The molecule has 0 fully saturated rings. The Bertz CT molecular complexity index is 1180. The van der Waals surface area contributed by atoms with Crippen LogP contribution < -0.4 is 10.2 Å². The van der Waals surface area contributed by atoms with Crippen LogP contribution in [0.2, 0.25) is 0 Å². The Morgan fingerprint density at radius 1 is 1.18 bits per heavy atom. The van der Waals surface area contributed by atoms with E-state index in [-0.39, 0.29) is 17.1 Å². The average Bonchev–Trinajstić information content (AvgIpc) is 2.96. The lowest BCUT2D eigenvalue weighted by molar-refractivity contribution is 0.0748. The van der Waals surface area contributed by atoms with Gasteiger partial charge >= 0.3 is 0 Å². The lowest BCUT2D eigenvalue weighted by Gasteiger charge is -2.24. The van der Waals surface area contributed by atoms with Crippen LogP contribution in [0.4, 0.5) is 0 Å². The van der Waals surface area contributed by atoms with Gasteiger partial charge in [0.15, 0.2) is 5.43 Å². The maximum Gasteiger partial charge on any atom is 0.291 e. The summed E-state index contributed by atoms with van der Waals surface area (Å²) < 4.78 is 11.3. The number of carbonyl (C=O) groups is 1. The zero-order valence-electron chi connectivity index (χ0n) is 16.1. The molecule has 0 saturated carbocycles. The standard InChI is InChI=1S/C23H21NO4/c1-5-9-24-20(15-7-6-8-16(12-15)27-4)19-21(25)17-10-13(2)14(3)11-18(17)28-22(19)23(24)26/h5-8,10-12,20H,1,9H2,2-4H3. The average molecular weight is 375 g/mol. The second-order valence-electron chi connectivity index (χ2n) is 7.03. The van der Waals surface area contributed by atoms with Gasteiger partial charge in [0.25, 0.3) is 5.91 Å². The molecular weight excluding hydrogens is 354 g/mol. The number of fused-ring (bicyclic) bond motifs is 2. The summed E-state index contributed by atoms with van der Waals surface area (Å²) in [4.78, 5) is 28.1. The number of rotatable bonds is 4. The summed E-state index contributed by atoms with van der Waals surface area (Å²) in [5, 5.41) is 0.489. The van der Waals surface area contributed by atoms with Crippen LogP contribution in [0.3, 0.4) is 0 Å². The first kappa shape index (κ1) is 18.0. The third kappa shape index (κ3) is 2.62. The lowest BCUT2D eigenvalue weighted by atomic mass is 9.97. The maximum absolute atomic E-state index is 13.4. The summed E-state index contributed by atoms with van der Waals surface area (Å²) in [6.45, 7) is 7.97. The molecule has 3 aromatic rings. The Morgan fingerprint density at radius 2 is 1.93 bits per heavy atom. The zero-order valence-corrected chi connectivity index (χ0v) is 16.1. The van der Waals surface area contributed by atoms with E-state index in [1.807, 2.05) is 50.2 Å². The Morgan fingerprint density at radius 3 is 2.64 bits per heavy atom. The first-order valence-corrected chi connectivity index (χ1v) is 9.10. The van der Waals surface area contributed by atoms with Gasteiger partial charge in [-0.05, 0) is 54.8 Å². The van der Waals surface area contributed by atoms with E-state index >= 15 is 0 Å². The molecule has 0 N–H and O–H groups in total. The smallest absolute Gasteiger partial charge is 0.291 e. The molecule has 5 nitrogen and oxygen atoms in total. The molecule has 2 aromatic carbocycles. The normalized spacial score (nSPS) is 15.8. The third-order valence-corrected chi connectivity index (χ3v) is 5.32. The van der Waals surface area contributed by atoms with Crippen molar-refractivity contribution in [3.63, 3.8) is 0 Å². The van der Waals surface area contributed by atoms with Gasteiger partial charge in [-0.2, -0.15) is 0 Å². The van der Waals surface area contributed by atoms with E-state index in [4.69, 9.17) is 9.15 Å². The molecule has 1 atom stereocenters. The number of carbonyl (C=O) groups excluding carboxylic acids is 1. The van der Waals surface area contributed by atoms with Crippen LogP contribution in [-0.4, -0.2) is 24.5 Å². The van der Waals surface area contributed by atoms with Crippen LogP contribution in [0, 0.1) is 13.8 Å². The second-order valence-corrected chi connectivity index (χ2v) is 7.03. The molecule has 5 heteroatoms. The molecule has 28 heavy (non-hydrogen) atoms. The summed E-state index contributed by atoms with van der Waals surface area (Å²) >= 11 is 0. The second kappa shape index (κ2) is 6.68. The van der Waals surface area contributed by atoms with Crippen molar-refractivity contribution < 1.29 is 13.9 Å². The maximum atomic E-state index is 13.4. The van der Waals surface area contributed by atoms with Gasteiger partial charge in [0, 0.05) is 6.54 Å². The summed E-state index contributed by atoms with van der Waals surface area (Å²) in [6.07, 6.45) is 1.65. The van der Waals surface area contributed by atoms with Crippen molar-refractivity contribution in [3.8, 4) is 5.75 Å². The number of hydrogen-bond acceptors (Lipinski definition) is 4. The summed E-state index contributed by atoms with van der Waals surface area (Å²) in [6, 6.07) is 10.5. The number of aryl methyl sites for hydroxylation is 2. The van der Waals surface area contributed by atoms with Crippen LogP contribution in [0.1, 0.15) is 38.9 Å². The van der Waals surface area contributed by atoms with Gasteiger partial charge in [0.1, 0.15) is 11.3 Å². The molecule has 4 rings (SSSR count). The highest BCUT2D eigenvalue weighted by atomic mass is 16.5. The monoisotopic (exact) mass is 375 g/mol. The van der Waals surface area contributed by atoms with Crippen LogP contribution in [0.15, 0.2) is 58.3 Å². The van der Waals surface area contributed by atoms with E-state index in [2.05, 4.69) is 6.58 Å². The van der Waals surface area contributed by atoms with E-state index in [0.29, 0.717) is 28.8 Å². The van der Waals surface area contributed by atoms with Crippen molar-refractivity contribution in [1.29, 1.82) is 0 Å². The molecule has 0 aliphatic carbocycles. The third-order valence-electron chi connectivity index (χ3n) is 5.32. The summed E-state index contributed by atoms with van der Waals surface area (Å²) in [5.41, 5.74) is 3.44. The van der Waals surface area contributed by atoms with Gasteiger partial charge < -0.3 is 14.1 Å². The van der Waals surface area contributed by atoms with Gasteiger partial charge in [-0.3, -0.25) is 9.59 Å². The molecule has 1 aromatic heterocycles. The molecule has 0 bridgehead atoms. The zero-order chi connectivity index (χ0) is 20.0. The number of ether oxygens (including phenoxy) is 1. The Balaban J connectivity index is 2.03. The van der Waals surface area contributed by atoms with Crippen LogP contribution in [0.25, 0.3) is 11.0 Å². The van der Waals surface area contributed by atoms with Gasteiger partial charge in [0.2, 0.25) is 5.76 Å². The minimum atomic E-state index is -0.544. The molecule has 1 amide bonds. The Hall–Kier alpha value is -3.34. The molecule has 1 aliphatic heterocycles. The van der Waals surface area contributed by atoms with Gasteiger partial charge in [-0.1, -0.05) is 18.2 Å². The highest BCUT2D eigenvalue weighted by Crippen LogP contribution is 2.39. The minimum Gasteiger partial charge on any atom is -0.497 e. The van der Waals surface area contributed by atoms with Crippen molar-refractivity contribution in [2.45, 2.75) is 19.9 Å². The topological polar surface area (TPSA) is 59.8 Å². The molecule has 0 spiro atoms. The van der Waals surface area contributed by atoms with E-state index in [0.717, 1.165) is 16.7 Å². The van der Waals surface area contributed by atoms with Crippen LogP contribution >= 0.6 is 0 Å². The molecule has 0 saturated heterocycles. The van der Waals surface area contributed by atoms with Gasteiger partial charge in [-0.25, -0.2) is 0 Å². The van der Waals surface area contributed by atoms with Crippen molar-refractivity contribution in [2.75, 3.05) is 13.7 Å². The molecule has 1 unspecified atom stereocenters. The molecular formula is C23H21NO4. The van der Waals surface area contributed by atoms with Gasteiger partial charge in [0.05, 0.1) is 24.1 Å². The number of nitrogens with zero attached hydrogens (tertiary/aromatic N) is 1. The fourth-order valence-corrected chi connectivity index (χ4v) is 3.76. The number of amides is 1. The van der Waals surface area contributed by atoms with Crippen molar-refractivity contribution in [2.24, 2.45) is 0 Å². The molecule has 1 aliphatic rings. The van der Waals surface area contributed by atoms with E-state index < -0.39 is 6.04 Å². The molecule has 0 radical (unpaired) electrons. The minimum absolute atomic E-state index is 0.107. The first-order chi connectivity index (χ1) is 13.5. The Labute approximate surface area is 162 Å². The van der Waals surface area contributed by atoms with E-state index in [1.54, 1.807) is 18.1 Å². The molecule has 2 heterocycles. The fraction of sp³-hybridized carbons (Fsp3) is 0.217. The SMILES string of the molecule is C=CCN1C(=O)c2oc3cc(C)c(C)cc3c(=O)c2C1c1cccc(OC)c1. The van der Waals surface area contributed by atoms with Crippen LogP contribution in [-0.2, 0) is 0 Å². The highest BCUT2D eigenvalue weighted by Gasteiger charge is 2.42. The largest absolute Gasteiger partial charge is 0.497 e. The van der Waals surface area contributed by atoms with Crippen molar-refractivity contribution in [3.05, 3.63) is 87.3 Å². The van der Waals surface area contributed by atoms with Crippen molar-refractivity contribution >= 4 is 16.9 Å². The number of benzene rings is 2. The predicted octanol–water partition coefficient (Wildman–Crippen LogP) is 4.15. The summed E-state index contributed by atoms with van der Waals surface area (Å²) in [5.74, 6) is 0.462. The fourth-order valence-electron chi connectivity index (χ4n) is 3.76. The first-order valence-electron chi connectivity index (χ1n) is 9.10. The van der Waals surface area contributed by atoms with Gasteiger partial charge in [-0.15, -0.1) is 6.58 Å². The number of methoxy groups -OCH3 is 1. The van der Waals surface area contributed by atoms with Crippen molar-refractivity contribution in [1.82, 2.24) is 4.90 Å². The lowest BCUT2D eigenvalue weighted by Crippen LogP contribution is -2.29. The van der Waals surface area contributed by atoms with E-state index in [9.17, 15) is 9.59 Å². The molecule has 142 valence electrons. The quantitative estimate of drug-likeness (QED) is 0.643. The predicted molar refractivity (Wildman–Crippen MR) is 108 cm³/mol. The highest BCUT2D eigenvalue weighted by molar-refractivity contribution is 5.99. The number of hydrogen-bond donors (Lipinski definition) is 0. The summed E-state index contributed by atoms with van der Waals surface area (Å²) in [7, 11) is 1.58. The van der Waals surface area contributed by atoms with E-state index in [1.165, 1.54) is 0 Å². The Kier molecular flexibility index (Phi) is 4.30. The van der Waals surface area contributed by atoms with Crippen LogP contribution in [0.5, 0.6) is 5.75 Å².